The molecule has 1 aliphatic carbocycles. The van der Waals surface area contributed by atoms with E-state index in [1.54, 1.807) is 0 Å². The number of aliphatic hydroxyl groups excluding tert-OH is 1. The summed E-state index contributed by atoms with van der Waals surface area (Å²) in [5.41, 5.74) is 3.55. The molecule has 0 spiro atoms. The van der Waals surface area contributed by atoms with Crippen molar-refractivity contribution in [2.24, 2.45) is 0 Å². The van der Waals surface area contributed by atoms with Crippen LogP contribution in [-0.4, -0.2) is 34.5 Å². The summed E-state index contributed by atoms with van der Waals surface area (Å²) < 4.78 is 6.28. The molecule has 32 heavy (non-hydrogen) atoms. The summed E-state index contributed by atoms with van der Waals surface area (Å²) in [5, 5.41) is 12.9. The summed E-state index contributed by atoms with van der Waals surface area (Å²) in [5.74, 6) is 0.877. The number of fused-ring (bicyclic) bond motifs is 4. The van der Waals surface area contributed by atoms with Gasteiger partial charge >= 0.3 is 0 Å². The molecule has 0 radical (unpaired) electrons. The van der Waals surface area contributed by atoms with Gasteiger partial charge < -0.3 is 14.7 Å². The maximum Gasteiger partial charge on any atom is 0.178 e. The van der Waals surface area contributed by atoms with Crippen LogP contribution in [0.1, 0.15) is 51.0 Å². The molecule has 2 atom stereocenters. The summed E-state index contributed by atoms with van der Waals surface area (Å²) >= 11 is 0. The number of benzene rings is 2. The fourth-order valence-corrected chi connectivity index (χ4v) is 5.47. The first-order chi connectivity index (χ1) is 15.6. The second-order valence-electron chi connectivity index (χ2n) is 9.27. The van der Waals surface area contributed by atoms with Gasteiger partial charge in [0, 0.05) is 11.3 Å². The summed E-state index contributed by atoms with van der Waals surface area (Å²) in [7, 11) is 0. The van der Waals surface area contributed by atoms with Gasteiger partial charge in [0.25, 0.3) is 0 Å². The lowest BCUT2D eigenvalue weighted by atomic mass is 9.83. The van der Waals surface area contributed by atoms with E-state index in [4.69, 9.17) is 4.74 Å². The highest BCUT2D eigenvalue weighted by molar-refractivity contribution is 5.97. The highest BCUT2D eigenvalue weighted by Crippen LogP contribution is 2.35. The van der Waals surface area contributed by atoms with E-state index < -0.39 is 0 Å². The summed E-state index contributed by atoms with van der Waals surface area (Å²) in [6.07, 6.45) is 9.02. The van der Waals surface area contributed by atoms with Gasteiger partial charge in [-0.05, 0) is 73.9 Å². The number of nitrogens with zero attached hydrogens (tertiary/aromatic N) is 1. The van der Waals surface area contributed by atoms with Gasteiger partial charge in [-0.25, -0.2) is 0 Å². The monoisotopic (exact) mass is 429 g/mol. The van der Waals surface area contributed by atoms with E-state index in [0.717, 1.165) is 55.2 Å². The van der Waals surface area contributed by atoms with Crippen LogP contribution in [0.25, 0.3) is 11.3 Å². The Morgan fingerprint density at radius 1 is 1.12 bits per heavy atom. The second-order valence-corrected chi connectivity index (χ2v) is 9.27. The van der Waals surface area contributed by atoms with Crippen LogP contribution in [0.5, 0.6) is 5.75 Å². The average Bonchev–Trinajstić information content (AvgIpc) is 2.79. The average molecular weight is 430 g/mol. The van der Waals surface area contributed by atoms with Crippen LogP contribution in [-0.2, 0) is 11.2 Å². The van der Waals surface area contributed by atoms with E-state index in [1.165, 1.54) is 28.9 Å². The number of carbonyl (C=O) groups excluding carboxylic acids is 1. The molecule has 2 aliphatic heterocycles. The summed E-state index contributed by atoms with van der Waals surface area (Å²) in [6, 6.07) is 17.1. The van der Waals surface area contributed by atoms with Gasteiger partial charge in [0.1, 0.15) is 11.5 Å². The molecule has 1 N–H and O–H groups in total. The van der Waals surface area contributed by atoms with Crippen molar-refractivity contribution in [2.45, 2.75) is 64.0 Å². The zero-order chi connectivity index (χ0) is 22.1. The van der Waals surface area contributed by atoms with Crippen LogP contribution in [0.15, 0.2) is 60.4 Å². The van der Waals surface area contributed by atoms with Crippen molar-refractivity contribution in [3.63, 3.8) is 0 Å². The van der Waals surface area contributed by atoms with Crippen LogP contribution < -0.4 is 15.2 Å². The van der Waals surface area contributed by atoms with Gasteiger partial charge in [0.2, 0.25) is 0 Å². The van der Waals surface area contributed by atoms with Crippen LogP contribution in [0, 0.1) is 0 Å². The molecular formula is C28H31NO3. The quantitative estimate of drug-likeness (QED) is 0.754. The van der Waals surface area contributed by atoms with E-state index >= 15 is 0 Å². The highest BCUT2D eigenvalue weighted by atomic mass is 16.5. The number of rotatable bonds is 6. The number of hydrogen-bond acceptors (Lipinski definition) is 4. The van der Waals surface area contributed by atoms with Crippen LogP contribution in [0.2, 0.25) is 0 Å². The van der Waals surface area contributed by atoms with Crippen LogP contribution >= 0.6 is 0 Å². The summed E-state index contributed by atoms with van der Waals surface area (Å²) in [6.45, 7) is 2.46. The minimum Gasteiger partial charge on any atom is -0.506 e. The van der Waals surface area contributed by atoms with E-state index in [-0.39, 0.29) is 23.7 Å². The highest BCUT2D eigenvalue weighted by Gasteiger charge is 2.35. The van der Waals surface area contributed by atoms with Gasteiger partial charge in [-0.2, -0.15) is 0 Å². The first kappa shape index (κ1) is 20.9. The van der Waals surface area contributed by atoms with Gasteiger partial charge in [0.05, 0.1) is 24.4 Å². The number of ketones is 1. The van der Waals surface area contributed by atoms with Crippen molar-refractivity contribution in [2.75, 3.05) is 6.54 Å². The molecule has 1 unspecified atom stereocenters. The molecule has 166 valence electrons. The molecule has 2 aromatic carbocycles. The molecule has 2 heterocycles. The SMILES string of the molecule is CC(CCCc1ccccc1)Oc1ccc2c(c1)=C1C(O)=CC(=O)CN1[C@H]1CCCCC=21. The van der Waals surface area contributed by atoms with Crippen molar-refractivity contribution in [3.05, 3.63) is 76.4 Å². The predicted molar refractivity (Wildman–Crippen MR) is 127 cm³/mol. The van der Waals surface area contributed by atoms with Crippen LogP contribution in [0.4, 0.5) is 0 Å². The van der Waals surface area contributed by atoms with E-state index in [2.05, 4.69) is 54.3 Å². The molecular weight excluding hydrogens is 398 g/mol. The lowest BCUT2D eigenvalue weighted by Gasteiger charge is -2.42. The maximum absolute atomic E-state index is 12.2. The summed E-state index contributed by atoms with van der Waals surface area (Å²) in [4.78, 5) is 14.3. The van der Waals surface area contributed by atoms with Gasteiger partial charge in [-0.3, -0.25) is 4.79 Å². The number of aliphatic hydroxyl groups is 1. The Bertz CT molecular complexity index is 1160. The predicted octanol–water partition coefficient (Wildman–Crippen LogP) is 4.02. The molecule has 3 aliphatic rings. The standard InChI is InChI=1S/C28H31NO3/c1-19(8-7-11-20-9-3-2-4-10-20)32-22-14-15-23-24-12-5-6-13-26(24)29-18-21(30)16-27(31)28(29)25(23)17-22/h2-4,9-10,14-17,19,26,31H,5-8,11-13,18H2,1H3/t19?,26-/m0/s1. The molecule has 0 saturated heterocycles. The molecule has 0 amide bonds. The smallest absolute Gasteiger partial charge is 0.178 e. The van der Waals surface area contributed by atoms with E-state index in [1.807, 2.05) is 6.07 Å². The lowest BCUT2D eigenvalue weighted by Crippen LogP contribution is -2.52. The Balaban J connectivity index is 1.41. The first-order valence-corrected chi connectivity index (χ1v) is 11.9. The minimum absolute atomic E-state index is 0.0286. The third-order valence-corrected chi connectivity index (χ3v) is 6.95. The Kier molecular flexibility index (Phi) is 5.77. The Morgan fingerprint density at radius 3 is 2.81 bits per heavy atom. The molecule has 4 heteroatoms. The Hall–Kier alpha value is -3.01. The number of hydrogen-bond donors (Lipinski definition) is 1. The zero-order valence-electron chi connectivity index (χ0n) is 18.7. The molecule has 1 fully saturated rings. The minimum atomic E-state index is -0.0286. The Labute approximate surface area is 189 Å². The molecule has 5 rings (SSSR count). The Morgan fingerprint density at radius 2 is 1.97 bits per heavy atom. The van der Waals surface area contributed by atoms with E-state index in [9.17, 15) is 9.90 Å². The molecule has 1 saturated carbocycles. The third-order valence-electron chi connectivity index (χ3n) is 6.95. The lowest BCUT2D eigenvalue weighted by molar-refractivity contribution is -0.115. The van der Waals surface area contributed by atoms with Crippen molar-refractivity contribution in [3.8, 4) is 5.75 Å². The van der Waals surface area contributed by atoms with Crippen molar-refractivity contribution in [1.29, 1.82) is 0 Å². The van der Waals surface area contributed by atoms with Crippen molar-refractivity contribution >= 4 is 17.1 Å². The first-order valence-electron chi connectivity index (χ1n) is 11.9. The largest absolute Gasteiger partial charge is 0.506 e. The molecule has 4 nitrogen and oxygen atoms in total. The van der Waals surface area contributed by atoms with Crippen molar-refractivity contribution < 1.29 is 14.6 Å². The molecule has 0 bridgehead atoms. The van der Waals surface area contributed by atoms with Gasteiger partial charge in [0.15, 0.2) is 5.78 Å². The normalized spacial score (nSPS) is 20.8. The number of aryl methyl sites for hydroxylation is 1. The van der Waals surface area contributed by atoms with Crippen molar-refractivity contribution in [1.82, 2.24) is 4.90 Å². The van der Waals surface area contributed by atoms with Gasteiger partial charge in [-0.15, -0.1) is 0 Å². The van der Waals surface area contributed by atoms with E-state index in [0.29, 0.717) is 6.54 Å². The topological polar surface area (TPSA) is 49.8 Å². The zero-order valence-corrected chi connectivity index (χ0v) is 18.7. The molecule has 2 aromatic rings. The fraction of sp³-hybridized carbons (Fsp3) is 0.393. The second kappa shape index (κ2) is 8.85. The van der Waals surface area contributed by atoms with Gasteiger partial charge in [-0.1, -0.05) is 42.8 Å². The fourth-order valence-electron chi connectivity index (χ4n) is 5.47. The molecule has 0 aromatic heterocycles. The number of carbonyl (C=O) groups is 1. The maximum atomic E-state index is 12.2. The number of ether oxygens (including phenoxy) is 1. The third kappa shape index (κ3) is 4.06. The van der Waals surface area contributed by atoms with Crippen LogP contribution in [0.3, 0.4) is 0 Å².